The molecule has 0 saturated carbocycles. The van der Waals surface area contributed by atoms with E-state index in [1.807, 2.05) is 39.0 Å². The summed E-state index contributed by atoms with van der Waals surface area (Å²) in [5.74, 6) is 0.858. The highest BCUT2D eigenvalue weighted by atomic mass is 16.6. The SMILES string of the molecule is CC(C)(C)OC(=O)N1CCN(c2ncnc3ccc(N)cc23)CC1. The molecule has 0 unspecified atom stereocenters. The molecule has 1 aromatic heterocycles. The summed E-state index contributed by atoms with van der Waals surface area (Å²) in [6.45, 7) is 8.21. The highest BCUT2D eigenvalue weighted by Crippen LogP contribution is 2.26. The number of nitrogens with two attached hydrogens (primary N) is 1. The van der Waals surface area contributed by atoms with Gasteiger partial charge in [-0.25, -0.2) is 14.8 Å². The van der Waals surface area contributed by atoms with Crippen molar-refractivity contribution >= 4 is 28.5 Å². The standard InChI is InChI=1S/C17H23N5O2/c1-17(2,3)24-16(23)22-8-6-21(7-9-22)15-13-10-12(18)4-5-14(13)19-11-20-15/h4-5,10-11H,6-9,18H2,1-3H3. The molecule has 1 aromatic carbocycles. The number of amides is 1. The first-order valence-electron chi connectivity index (χ1n) is 8.06. The van der Waals surface area contributed by atoms with Gasteiger partial charge in [0, 0.05) is 37.3 Å². The van der Waals surface area contributed by atoms with Crippen molar-refractivity contribution in [3.63, 3.8) is 0 Å². The van der Waals surface area contributed by atoms with Gasteiger partial charge in [0.2, 0.25) is 0 Å². The van der Waals surface area contributed by atoms with Crippen molar-refractivity contribution in [1.82, 2.24) is 14.9 Å². The van der Waals surface area contributed by atoms with Crippen molar-refractivity contribution < 1.29 is 9.53 Å². The van der Waals surface area contributed by atoms with Crippen molar-refractivity contribution in [2.45, 2.75) is 26.4 Å². The molecule has 128 valence electrons. The summed E-state index contributed by atoms with van der Waals surface area (Å²) >= 11 is 0. The first-order valence-corrected chi connectivity index (χ1v) is 8.06. The highest BCUT2D eigenvalue weighted by molar-refractivity contribution is 5.91. The van der Waals surface area contributed by atoms with E-state index in [2.05, 4.69) is 14.9 Å². The number of hydrogen-bond donors (Lipinski definition) is 1. The molecular formula is C17H23N5O2. The molecule has 24 heavy (non-hydrogen) atoms. The zero-order valence-corrected chi connectivity index (χ0v) is 14.3. The summed E-state index contributed by atoms with van der Waals surface area (Å²) in [7, 11) is 0. The molecule has 2 N–H and O–H groups in total. The molecule has 0 radical (unpaired) electrons. The Morgan fingerprint density at radius 3 is 2.54 bits per heavy atom. The van der Waals surface area contributed by atoms with Crippen LogP contribution in [-0.4, -0.2) is 52.7 Å². The fourth-order valence-corrected chi connectivity index (χ4v) is 2.74. The van der Waals surface area contributed by atoms with Gasteiger partial charge in [0.15, 0.2) is 0 Å². The number of nitrogens with zero attached hydrogens (tertiary/aromatic N) is 4. The summed E-state index contributed by atoms with van der Waals surface area (Å²) < 4.78 is 5.43. The number of fused-ring (bicyclic) bond motifs is 1. The number of benzene rings is 1. The second kappa shape index (κ2) is 6.14. The molecule has 0 atom stereocenters. The highest BCUT2D eigenvalue weighted by Gasteiger charge is 2.26. The maximum Gasteiger partial charge on any atom is 0.410 e. The Morgan fingerprint density at radius 1 is 1.17 bits per heavy atom. The fourth-order valence-electron chi connectivity index (χ4n) is 2.74. The molecule has 1 amide bonds. The van der Waals surface area contributed by atoms with Gasteiger partial charge in [-0.1, -0.05) is 0 Å². The van der Waals surface area contributed by atoms with Gasteiger partial charge in [-0.3, -0.25) is 0 Å². The third kappa shape index (κ3) is 3.50. The van der Waals surface area contributed by atoms with Crippen LogP contribution in [-0.2, 0) is 4.74 Å². The monoisotopic (exact) mass is 329 g/mol. The Bertz CT molecular complexity index is 748. The Kier molecular flexibility index (Phi) is 4.17. The van der Waals surface area contributed by atoms with Crippen LogP contribution in [0.1, 0.15) is 20.8 Å². The summed E-state index contributed by atoms with van der Waals surface area (Å²) in [6.07, 6.45) is 1.30. The van der Waals surface area contributed by atoms with Crippen LogP contribution >= 0.6 is 0 Å². The van der Waals surface area contributed by atoms with Crippen molar-refractivity contribution in [3.8, 4) is 0 Å². The molecule has 7 heteroatoms. The van der Waals surface area contributed by atoms with E-state index in [9.17, 15) is 4.79 Å². The molecule has 1 saturated heterocycles. The molecule has 1 aliphatic rings. The van der Waals surface area contributed by atoms with Crippen molar-refractivity contribution in [2.24, 2.45) is 0 Å². The summed E-state index contributed by atoms with van der Waals surface area (Å²) in [4.78, 5) is 24.8. The van der Waals surface area contributed by atoms with Gasteiger partial charge in [0.05, 0.1) is 5.52 Å². The maximum absolute atomic E-state index is 12.2. The van der Waals surface area contributed by atoms with Crippen LogP contribution < -0.4 is 10.6 Å². The molecule has 2 aromatic rings. The topological polar surface area (TPSA) is 84.6 Å². The van der Waals surface area contributed by atoms with Crippen LogP contribution in [0.4, 0.5) is 16.3 Å². The van der Waals surface area contributed by atoms with E-state index < -0.39 is 5.60 Å². The number of piperazine rings is 1. The Labute approximate surface area is 141 Å². The van der Waals surface area contributed by atoms with Crippen molar-refractivity contribution in [2.75, 3.05) is 36.8 Å². The van der Waals surface area contributed by atoms with Crippen LogP contribution in [0.15, 0.2) is 24.5 Å². The smallest absolute Gasteiger partial charge is 0.410 e. The van der Waals surface area contributed by atoms with Crippen LogP contribution in [0.3, 0.4) is 0 Å². The molecule has 0 bridgehead atoms. The lowest BCUT2D eigenvalue weighted by Crippen LogP contribution is -2.50. The molecule has 2 heterocycles. The number of ether oxygens (including phenoxy) is 1. The number of aromatic nitrogens is 2. The van der Waals surface area contributed by atoms with E-state index in [-0.39, 0.29) is 6.09 Å². The molecular weight excluding hydrogens is 306 g/mol. The molecule has 1 fully saturated rings. The quantitative estimate of drug-likeness (QED) is 0.808. The van der Waals surface area contributed by atoms with Gasteiger partial charge < -0.3 is 20.3 Å². The lowest BCUT2D eigenvalue weighted by atomic mass is 10.2. The van der Waals surface area contributed by atoms with Gasteiger partial charge in [-0.2, -0.15) is 0 Å². The van der Waals surface area contributed by atoms with Crippen LogP contribution in [0, 0.1) is 0 Å². The molecule has 3 rings (SSSR count). The number of hydrogen-bond acceptors (Lipinski definition) is 6. The number of nitrogen functional groups attached to an aromatic ring is 1. The Hall–Kier alpha value is -2.57. The van der Waals surface area contributed by atoms with Gasteiger partial charge in [-0.05, 0) is 39.0 Å². The summed E-state index contributed by atoms with van der Waals surface area (Å²) in [6, 6.07) is 5.62. The maximum atomic E-state index is 12.2. The fraction of sp³-hybridized carbons (Fsp3) is 0.471. The predicted molar refractivity (Wildman–Crippen MR) is 94.0 cm³/mol. The largest absolute Gasteiger partial charge is 0.444 e. The van der Waals surface area contributed by atoms with E-state index in [0.717, 1.165) is 16.7 Å². The zero-order valence-electron chi connectivity index (χ0n) is 14.3. The molecule has 0 spiro atoms. The minimum atomic E-state index is -0.478. The first-order chi connectivity index (χ1) is 11.3. The third-order valence-electron chi connectivity index (χ3n) is 3.87. The van der Waals surface area contributed by atoms with Gasteiger partial charge >= 0.3 is 6.09 Å². The van der Waals surface area contributed by atoms with Crippen molar-refractivity contribution in [1.29, 1.82) is 0 Å². The minimum Gasteiger partial charge on any atom is -0.444 e. The summed E-state index contributed by atoms with van der Waals surface area (Å²) in [5, 5.41) is 0.934. The van der Waals surface area contributed by atoms with Gasteiger partial charge in [0.25, 0.3) is 0 Å². The van der Waals surface area contributed by atoms with Crippen LogP contribution in [0.5, 0.6) is 0 Å². The molecule has 0 aliphatic carbocycles. The predicted octanol–water partition coefficient (Wildman–Crippen LogP) is 2.27. The normalized spacial score (nSPS) is 15.6. The number of anilines is 2. The van der Waals surface area contributed by atoms with Crippen LogP contribution in [0.25, 0.3) is 10.9 Å². The van der Waals surface area contributed by atoms with E-state index in [4.69, 9.17) is 10.5 Å². The van der Waals surface area contributed by atoms with E-state index >= 15 is 0 Å². The lowest BCUT2D eigenvalue weighted by Gasteiger charge is -2.36. The Balaban J connectivity index is 1.73. The lowest BCUT2D eigenvalue weighted by molar-refractivity contribution is 0.0240. The number of carbonyl (C=O) groups excluding carboxylic acids is 1. The second-order valence-corrected chi connectivity index (χ2v) is 6.93. The van der Waals surface area contributed by atoms with Crippen LogP contribution in [0.2, 0.25) is 0 Å². The first kappa shape index (κ1) is 16.3. The zero-order chi connectivity index (χ0) is 17.3. The second-order valence-electron chi connectivity index (χ2n) is 6.93. The Morgan fingerprint density at radius 2 is 1.88 bits per heavy atom. The number of rotatable bonds is 1. The summed E-state index contributed by atoms with van der Waals surface area (Å²) in [5.41, 5.74) is 6.97. The third-order valence-corrected chi connectivity index (χ3v) is 3.87. The number of carbonyl (C=O) groups is 1. The van der Waals surface area contributed by atoms with E-state index in [1.165, 1.54) is 0 Å². The average Bonchev–Trinajstić information content (AvgIpc) is 2.53. The van der Waals surface area contributed by atoms with Crippen molar-refractivity contribution in [3.05, 3.63) is 24.5 Å². The average molecular weight is 329 g/mol. The minimum absolute atomic E-state index is 0.265. The molecule has 7 nitrogen and oxygen atoms in total. The van der Waals surface area contributed by atoms with Gasteiger partial charge in [-0.15, -0.1) is 0 Å². The van der Waals surface area contributed by atoms with E-state index in [0.29, 0.717) is 31.9 Å². The van der Waals surface area contributed by atoms with Gasteiger partial charge in [0.1, 0.15) is 17.7 Å². The molecule has 1 aliphatic heterocycles. The van der Waals surface area contributed by atoms with E-state index in [1.54, 1.807) is 11.2 Å².